The average Bonchev–Trinajstić information content (AvgIpc) is 2.85. The molecule has 3 rings (SSSR count). The normalized spacial score (nSPS) is 14.4. The summed E-state index contributed by atoms with van der Waals surface area (Å²) in [6, 6.07) is 16.4. The van der Waals surface area contributed by atoms with Gasteiger partial charge in [0.05, 0.1) is 16.9 Å². The first-order valence-corrected chi connectivity index (χ1v) is 6.36. The van der Waals surface area contributed by atoms with E-state index in [9.17, 15) is 9.59 Å². The molecule has 0 unspecified atom stereocenters. The van der Waals surface area contributed by atoms with E-state index in [1.54, 1.807) is 24.3 Å². The van der Waals surface area contributed by atoms with Gasteiger partial charge < -0.3 is 0 Å². The van der Waals surface area contributed by atoms with Crippen molar-refractivity contribution in [1.29, 1.82) is 0 Å². The molecule has 2 aromatic rings. The highest BCUT2D eigenvalue weighted by atomic mass is 16.2. The number of nitrogens with one attached hydrogen (secondary N) is 1. The van der Waals surface area contributed by atoms with E-state index in [-0.39, 0.29) is 11.8 Å². The molecule has 21 heavy (non-hydrogen) atoms. The van der Waals surface area contributed by atoms with Crippen LogP contribution in [0.15, 0.2) is 70.9 Å². The lowest BCUT2D eigenvalue weighted by atomic mass is 10.1. The van der Waals surface area contributed by atoms with Crippen LogP contribution in [0.1, 0.15) is 5.56 Å². The zero-order valence-corrected chi connectivity index (χ0v) is 11.0. The third kappa shape index (κ3) is 2.92. The standard InChI is InChI=1S/C16H11N3O2/c20-15-10-14(16(21)17-15)11-6-8-13(9-7-11)19-18-12-4-2-1-3-5-12/h1-10H,(H,17,20,21). The number of imide groups is 1. The van der Waals surface area contributed by atoms with E-state index < -0.39 is 0 Å². The van der Waals surface area contributed by atoms with Crippen molar-refractivity contribution in [2.45, 2.75) is 0 Å². The molecule has 1 heterocycles. The summed E-state index contributed by atoms with van der Waals surface area (Å²) in [7, 11) is 0. The molecule has 0 atom stereocenters. The monoisotopic (exact) mass is 277 g/mol. The number of amides is 2. The van der Waals surface area contributed by atoms with Crippen molar-refractivity contribution in [1.82, 2.24) is 5.32 Å². The van der Waals surface area contributed by atoms with Gasteiger partial charge in [-0.3, -0.25) is 14.9 Å². The minimum Gasteiger partial charge on any atom is -0.289 e. The molecule has 1 N–H and O–H groups in total. The first-order valence-electron chi connectivity index (χ1n) is 6.36. The van der Waals surface area contributed by atoms with Gasteiger partial charge in [0.1, 0.15) is 0 Å². The van der Waals surface area contributed by atoms with Gasteiger partial charge in [0, 0.05) is 6.08 Å². The highest BCUT2D eigenvalue weighted by molar-refractivity contribution is 6.33. The van der Waals surface area contributed by atoms with Gasteiger partial charge in [-0.2, -0.15) is 10.2 Å². The summed E-state index contributed by atoms with van der Waals surface area (Å²) in [6.45, 7) is 0. The predicted octanol–water partition coefficient (Wildman–Crippen LogP) is 3.14. The molecule has 5 nitrogen and oxygen atoms in total. The number of azo groups is 1. The Morgan fingerprint density at radius 2 is 1.38 bits per heavy atom. The van der Waals surface area contributed by atoms with Crippen LogP contribution in [0.2, 0.25) is 0 Å². The lowest BCUT2D eigenvalue weighted by Crippen LogP contribution is -2.21. The molecule has 0 bridgehead atoms. The summed E-state index contributed by atoms with van der Waals surface area (Å²) in [4.78, 5) is 22.7. The van der Waals surface area contributed by atoms with Crippen LogP contribution in [0.4, 0.5) is 11.4 Å². The van der Waals surface area contributed by atoms with Gasteiger partial charge in [-0.25, -0.2) is 0 Å². The summed E-state index contributed by atoms with van der Waals surface area (Å²) < 4.78 is 0. The van der Waals surface area contributed by atoms with Crippen LogP contribution in [-0.4, -0.2) is 11.8 Å². The minimum atomic E-state index is -0.386. The zero-order valence-electron chi connectivity index (χ0n) is 11.0. The number of rotatable bonds is 3. The molecular weight excluding hydrogens is 266 g/mol. The van der Waals surface area contributed by atoms with E-state index in [1.807, 2.05) is 30.3 Å². The summed E-state index contributed by atoms with van der Waals surface area (Å²) >= 11 is 0. The van der Waals surface area contributed by atoms with E-state index >= 15 is 0 Å². The van der Waals surface area contributed by atoms with Gasteiger partial charge in [-0.15, -0.1) is 0 Å². The van der Waals surface area contributed by atoms with Crippen molar-refractivity contribution in [3.63, 3.8) is 0 Å². The first kappa shape index (κ1) is 12.9. The molecular formula is C16H11N3O2. The molecule has 2 amide bonds. The maximum atomic E-state index is 11.5. The second-order valence-corrected chi connectivity index (χ2v) is 4.46. The van der Waals surface area contributed by atoms with E-state index in [0.717, 1.165) is 5.69 Å². The Hall–Kier alpha value is -3.08. The second-order valence-electron chi connectivity index (χ2n) is 4.46. The Bertz CT molecular complexity index is 747. The number of carbonyl (C=O) groups excluding carboxylic acids is 2. The van der Waals surface area contributed by atoms with Crippen molar-refractivity contribution in [2.75, 3.05) is 0 Å². The molecule has 5 heteroatoms. The SMILES string of the molecule is O=C1C=C(c2ccc(N=Nc3ccccc3)cc2)C(=O)N1. The van der Waals surface area contributed by atoms with Gasteiger partial charge in [0.15, 0.2) is 0 Å². The highest BCUT2D eigenvalue weighted by Gasteiger charge is 2.21. The number of nitrogens with zero attached hydrogens (tertiary/aromatic N) is 2. The van der Waals surface area contributed by atoms with Gasteiger partial charge in [-0.1, -0.05) is 30.3 Å². The van der Waals surface area contributed by atoms with Gasteiger partial charge in [0.2, 0.25) is 0 Å². The molecule has 0 spiro atoms. The summed E-state index contributed by atoms with van der Waals surface area (Å²) in [6.07, 6.45) is 1.29. The van der Waals surface area contributed by atoms with Crippen LogP contribution in [0.25, 0.3) is 5.57 Å². The largest absolute Gasteiger partial charge is 0.289 e. The molecule has 0 aromatic heterocycles. The molecule has 1 aliphatic heterocycles. The van der Waals surface area contributed by atoms with E-state index in [4.69, 9.17) is 0 Å². The van der Waals surface area contributed by atoms with E-state index in [2.05, 4.69) is 15.5 Å². The van der Waals surface area contributed by atoms with Crippen LogP contribution in [0.3, 0.4) is 0 Å². The fraction of sp³-hybridized carbons (Fsp3) is 0. The predicted molar refractivity (Wildman–Crippen MR) is 78.2 cm³/mol. The molecule has 0 fully saturated rings. The fourth-order valence-electron chi connectivity index (χ4n) is 1.94. The third-order valence-corrected chi connectivity index (χ3v) is 2.97. The van der Waals surface area contributed by atoms with Crippen LogP contribution in [0.5, 0.6) is 0 Å². The Kier molecular flexibility index (Phi) is 3.39. The van der Waals surface area contributed by atoms with Crippen molar-refractivity contribution < 1.29 is 9.59 Å². The number of hydrogen-bond acceptors (Lipinski definition) is 4. The molecule has 0 radical (unpaired) electrons. The molecule has 0 saturated heterocycles. The summed E-state index contributed by atoms with van der Waals surface area (Å²) in [5.41, 5.74) is 2.49. The van der Waals surface area contributed by atoms with Crippen molar-refractivity contribution in [2.24, 2.45) is 10.2 Å². The van der Waals surface area contributed by atoms with Crippen molar-refractivity contribution in [3.05, 3.63) is 66.2 Å². The van der Waals surface area contributed by atoms with E-state index in [0.29, 0.717) is 16.8 Å². The smallest absolute Gasteiger partial charge is 0.258 e. The van der Waals surface area contributed by atoms with Crippen LogP contribution >= 0.6 is 0 Å². The Morgan fingerprint density at radius 3 is 1.95 bits per heavy atom. The van der Waals surface area contributed by atoms with Gasteiger partial charge in [0.25, 0.3) is 11.8 Å². The lowest BCUT2D eigenvalue weighted by Gasteiger charge is -2.00. The average molecular weight is 277 g/mol. The number of benzene rings is 2. The van der Waals surface area contributed by atoms with Crippen LogP contribution in [0, 0.1) is 0 Å². The Balaban J connectivity index is 1.79. The molecule has 102 valence electrons. The Labute approximate surface area is 121 Å². The summed E-state index contributed by atoms with van der Waals surface area (Å²) in [5, 5.41) is 10.4. The minimum absolute atomic E-state index is 0.367. The third-order valence-electron chi connectivity index (χ3n) is 2.97. The maximum absolute atomic E-state index is 11.5. The summed E-state index contributed by atoms with van der Waals surface area (Å²) in [5.74, 6) is -0.762. The van der Waals surface area contributed by atoms with E-state index in [1.165, 1.54) is 6.08 Å². The van der Waals surface area contributed by atoms with Crippen molar-refractivity contribution >= 4 is 28.8 Å². The van der Waals surface area contributed by atoms with Gasteiger partial charge >= 0.3 is 0 Å². The molecule has 1 aliphatic rings. The Morgan fingerprint density at radius 1 is 0.762 bits per heavy atom. The highest BCUT2D eigenvalue weighted by Crippen LogP contribution is 2.23. The lowest BCUT2D eigenvalue weighted by molar-refractivity contribution is -0.123. The van der Waals surface area contributed by atoms with Crippen LogP contribution in [-0.2, 0) is 9.59 Å². The molecule has 0 aliphatic carbocycles. The maximum Gasteiger partial charge on any atom is 0.258 e. The molecule has 0 saturated carbocycles. The fourth-order valence-corrected chi connectivity index (χ4v) is 1.94. The quantitative estimate of drug-likeness (QED) is 0.691. The second kappa shape index (κ2) is 5.50. The number of carbonyl (C=O) groups is 2. The van der Waals surface area contributed by atoms with Crippen molar-refractivity contribution in [3.8, 4) is 0 Å². The van der Waals surface area contributed by atoms with Gasteiger partial charge in [-0.05, 0) is 29.8 Å². The topological polar surface area (TPSA) is 70.9 Å². The number of hydrogen-bond donors (Lipinski definition) is 1. The zero-order chi connectivity index (χ0) is 14.7. The first-order chi connectivity index (χ1) is 10.2. The molecule has 2 aromatic carbocycles. The van der Waals surface area contributed by atoms with Crippen LogP contribution < -0.4 is 5.32 Å².